The molecule has 0 bridgehead atoms. The van der Waals surface area contributed by atoms with Gasteiger partial charge in [-0.15, -0.1) is 0 Å². The van der Waals surface area contributed by atoms with Crippen LogP contribution in [0.5, 0.6) is 17.2 Å². The molecule has 1 heterocycles. The highest BCUT2D eigenvalue weighted by Crippen LogP contribution is 2.43. The summed E-state index contributed by atoms with van der Waals surface area (Å²) in [6.45, 7) is 0. The number of methoxy groups -OCH3 is 3. The first-order valence-electron chi connectivity index (χ1n) is 7.96. The van der Waals surface area contributed by atoms with E-state index in [2.05, 4.69) is 9.97 Å². The lowest BCUT2D eigenvalue weighted by Crippen LogP contribution is -2.05. The van der Waals surface area contributed by atoms with E-state index in [1.54, 1.807) is 18.2 Å². The van der Waals surface area contributed by atoms with Crippen molar-refractivity contribution in [3.63, 3.8) is 0 Å². The van der Waals surface area contributed by atoms with Crippen LogP contribution in [0.1, 0.15) is 11.3 Å². The molecule has 0 aliphatic heterocycles. The van der Waals surface area contributed by atoms with Gasteiger partial charge >= 0.3 is 0 Å². The largest absolute Gasteiger partial charge is 0.493 e. The molecule has 0 spiro atoms. The van der Waals surface area contributed by atoms with Crippen molar-refractivity contribution >= 4 is 22.5 Å². The van der Waals surface area contributed by atoms with Crippen LogP contribution in [0.4, 0.5) is 11.6 Å². The Labute approximate surface area is 154 Å². The molecule has 9 heteroatoms. The van der Waals surface area contributed by atoms with Crippen LogP contribution >= 0.6 is 0 Å². The SMILES string of the molecule is COc1cc2c(Cc3cccc([N+](=O)[O-])c3)nc(N)nc2c(OC)c1OC. The average Bonchev–Trinajstić information content (AvgIpc) is 2.66. The van der Waals surface area contributed by atoms with Crippen LogP contribution in [-0.2, 0) is 6.42 Å². The maximum Gasteiger partial charge on any atom is 0.269 e. The Hall–Kier alpha value is -3.62. The van der Waals surface area contributed by atoms with Gasteiger partial charge in [0.05, 0.1) is 31.9 Å². The van der Waals surface area contributed by atoms with Crippen molar-refractivity contribution in [2.75, 3.05) is 27.1 Å². The van der Waals surface area contributed by atoms with Crippen LogP contribution in [0.2, 0.25) is 0 Å². The Morgan fingerprint density at radius 1 is 1.07 bits per heavy atom. The number of nitro benzene ring substituents is 1. The summed E-state index contributed by atoms with van der Waals surface area (Å²) in [6, 6.07) is 8.09. The Bertz CT molecular complexity index is 1020. The maximum atomic E-state index is 11.0. The van der Waals surface area contributed by atoms with Crippen molar-refractivity contribution in [2.24, 2.45) is 0 Å². The third-order valence-corrected chi connectivity index (χ3v) is 4.08. The van der Waals surface area contributed by atoms with E-state index in [0.717, 1.165) is 5.56 Å². The van der Waals surface area contributed by atoms with Gasteiger partial charge < -0.3 is 19.9 Å². The number of anilines is 1. The number of ether oxygens (including phenoxy) is 3. The van der Waals surface area contributed by atoms with E-state index in [-0.39, 0.29) is 11.6 Å². The van der Waals surface area contributed by atoms with Crippen LogP contribution in [0.25, 0.3) is 10.9 Å². The van der Waals surface area contributed by atoms with Gasteiger partial charge in [-0.05, 0) is 11.6 Å². The lowest BCUT2D eigenvalue weighted by Gasteiger charge is -2.16. The van der Waals surface area contributed by atoms with Crippen LogP contribution < -0.4 is 19.9 Å². The van der Waals surface area contributed by atoms with Gasteiger partial charge in [0.2, 0.25) is 11.7 Å². The van der Waals surface area contributed by atoms with E-state index >= 15 is 0 Å². The van der Waals surface area contributed by atoms with Gasteiger partial charge in [-0.3, -0.25) is 10.1 Å². The summed E-state index contributed by atoms with van der Waals surface area (Å²) in [5, 5.41) is 11.7. The maximum absolute atomic E-state index is 11.0. The molecule has 0 unspecified atom stereocenters. The lowest BCUT2D eigenvalue weighted by molar-refractivity contribution is -0.384. The van der Waals surface area contributed by atoms with Gasteiger partial charge in [0.1, 0.15) is 5.52 Å². The number of fused-ring (bicyclic) bond motifs is 1. The first-order chi connectivity index (χ1) is 13.0. The highest BCUT2D eigenvalue weighted by Gasteiger charge is 2.20. The number of nitrogen functional groups attached to an aromatic ring is 1. The second-order valence-corrected chi connectivity index (χ2v) is 5.67. The Balaban J connectivity index is 2.21. The van der Waals surface area contributed by atoms with E-state index < -0.39 is 4.92 Å². The van der Waals surface area contributed by atoms with Gasteiger partial charge in [0.25, 0.3) is 5.69 Å². The van der Waals surface area contributed by atoms with E-state index in [9.17, 15) is 10.1 Å². The van der Waals surface area contributed by atoms with Crippen LogP contribution in [0.15, 0.2) is 30.3 Å². The number of aromatic nitrogens is 2. The number of nitrogens with zero attached hydrogens (tertiary/aromatic N) is 3. The quantitative estimate of drug-likeness (QED) is 0.519. The van der Waals surface area contributed by atoms with Crippen molar-refractivity contribution < 1.29 is 19.1 Å². The van der Waals surface area contributed by atoms with E-state index in [0.29, 0.717) is 40.3 Å². The molecule has 3 rings (SSSR count). The van der Waals surface area contributed by atoms with Crippen molar-refractivity contribution in [1.82, 2.24) is 9.97 Å². The van der Waals surface area contributed by atoms with Crippen LogP contribution in [0.3, 0.4) is 0 Å². The number of hydrogen-bond donors (Lipinski definition) is 1. The number of nitrogens with two attached hydrogens (primary N) is 1. The molecule has 0 amide bonds. The fourth-order valence-corrected chi connectivity index (χ4v) is 2.92. The van der Waals surface area contributed by atoms with Gasteiger partial charge in [-0.2, -0.15) is 0 Å². The zero-order valence-electron chi connectivity index (χ0n) is 15.1. The molecular weight excluding hydrogens is 352 g/mol. The van der Waals surface area contributed by atoms with Gasteiger partial charge in [-0.1, -0.05) is 12.1 Å². The first kappa shape index (κ1) is 18.2. The summed E-state index contributed by atoms with van der Waals surface area (Å²) in [4.78, 5) is 19.2. The molecule has 0 aliphatic rings. The minimum atomic E-state index is -0.438. The third-order valence-electron chi connectivity index (χ3n) is 4.08. The molecule has 0 radical (unpaired) electrons. The zero-order chi connectivity index (χ0) is 19.6. The van der Waals surface area contributed by atoms with E-state index in [1.807, 2.05) is 0 Å². The molecule has 2 aromatic carbocycles. The van der Waals surface area contributed by atoms with Crippen molar-refractivity contribution in [3.8, 4) is 17.2 Å². The number of hydrogen-bond acceptors (Lipinski definition) is 8. The Morgan fingerprint density at radius 3 is 2.44 bits per heavy atom. The summed E-state index contributed by atoms with van der Waals surface area (Å²) in [7, 11) is 4.51. The summed E-state index contributed by atoms with van der Waals surface area (Å²) in [6.07, 6.45) is 0.323. The molecule has 0 atom stereocenters. The van der Waals surface area contributed by atoms with Crippen LogP contribution in [0, 0.1) is 10.1 Å². The molecule has 1 aromatic heterocycles. The van der Waals surface area contributed by atoms with Crippen molar-refractivity contribution in [2.45, 2.75) is 6.42 Å². The normalized spacial score (nSPS) is 10.6. The molecule has 3 aromatic rings. The minimum absolute atomic E-state index is 0.00987. The number of rotatable bonds is 6. The standard InChI is InChI=1S/C18H18N4O5/c1-25-14-9-12-13(8-10-5-4-6-11(7-10)22(23)24)20-18(19)21-15(12)17(27-3)16(14)26-2/h4-7,9H,8H2,1-3H3,(H2,19,20,21). The molecule has 27 heavy (non-hydrogen) atoms. The number of non-ortho nitro benzene ring substituents is 1. The van der Waals surface area contributed by atoms with E-state index in [1.165, 1.54) is 33.5 Å². The first-order valence-corrected chi connectivity index (χ1v) is 7.96. The highest BCUT2D eigenvalue weighted by atomic mass is 16.6. The molecule has 0 aliphatic carbocycles. The molecule has 2 N–H and O–H groups in total. The lowest BCUT2D eigenvalue weighted by atomic mass is 10.0. The molecule has 9 nitrogen and oxygen atoms in total. The van der Waals surface area contributed by atoms with Crippen molar-refractivity contribution in [3.05, 3.63) is 51.7 Å². The predicted molar refractivity (Wildman–Crippen MR) is 99.5 cm³/mol. The minimum Gasteiger partial charge on any atom is -0.493 e. The molecular formula is C18H18N4O5. The van der Waals surface area contributed by atoms with Gasteiger partial charge in [-0.25, -0.2) is 9.97 Å². The van der Waals surface area contributed by atoms with Gasteiger partial charge in [0, 0.05) is 23.9 Å². The Morgan fingerprint density at radius 2 is 1.81 bits per heavy atom. The monoisotopic (exact) mass is 370 g/mol. The fraction of sp³-hybridized carbons (Fsp3) is 0.222. The zero-order valence-corrected chi connectivity index (χ0v) is 15.1. The smallest absolute Gasteiger partial charge is 0.269 e. The summed E-state index contributed by atoms with van der Waals surface area (Å²) >= 11 is 0. The van der Waals surface area contributed by atoms with E-state index in [4.69, 9.17) is 19.9 Å². The van der Waals surface area contributed by atoms with Crippen molar-refractivity contribution in [1.29, 1.82) is 0 Å². The summed E-state index contributed by atoms with van der Waals surface area (Å²) < 4.78 is 16.2. The van der Waals surface area contributed by atoms with Gasteiger partial charge in [0.15, 0.2) is 11.5 Å². The molecule has 0 saturated heterocycles. The number of nitro groups is 1. The Kier molecular flexibility index (Phi) is 4.93. The molecule has 0 fully saturated rings. The average molecular weight is 370 g/mol. The number of benzene rings is 2. The van der Waals surface area contributed by atoms with Crippen LogP contribution in [-0.4, -0.2) is 36.2 Å². The predicted octanol–water partition coefficient (Wildman–Crippen LogP) is 2.74. The third kappa shape index (κ3) is 3.39. The highest BCUT2D eigenvalue weighted by molar-refractivity contribution is 5.92. The summed E-state index contributed by atoms with van der Waals surface area (Å²) in [5.74, 6) is 1.29. The summed E-state index contributed by atoms with van der Waals surface area (Å²) in [5.41, 5.74) is 7.68. The molecule has 140 valence electrons. The second kappa shape index (κ2) is 7.32. The topological polar surface area (TPSA) is 123 Å². The fourth-order valence-electron chi connectivity index (χ4n) is 2.92. The second-order valence-electron chi connectivity index (χ2n) is 5.67. The molecule has 0 saturated carbocycles.